The van der Waals surface area contributed by atoms with Crippen LogP contribution in [0.25, 0.3) is 0 Å². The maximum Gasteiger partial charge on any atom is 0.163 e. The molecule has 0 amide bonds. The summed E-state index contributed by atoms with van der Waals surface area (Å²) in [5.74, 6) is -0.669. The highest BCUT2D eigenvalue weighted by atomic mass is 16.8. The van der Waals surface area contributed by atoms with Crippen molar-refractivity contribution in [1.82, 2.24) is 0 Å². The zero-order chi connectivity index (χ0) is 17.9. The first-order chi connectivity index (χ1) is 11.9. The summed E-state index contributed by atoms with van der Waals surface area (Å²) in [6, 6.07) is 20.1. The largest absolute Gasteiger partial charge is 0.343 e. The lowest BCUT2D eigenvalue weighted by Gasteiger charge is -2.27. The highest BCUT2D eigenvalue weighted by Gasteiger charge is 2.46. The van der Waals surface area contributed by atoms with Crippen LogP contribution in [0.2, 0.25) is 0 Å². The van der Waals surface area contributed by atoms with Crippen molar-refractivity contribution in [3.63, 3.8) is 0 Å². The van der Waals surface area contributed by atoms with Crippen molar-refractivity contribution in [3.05, 3.63) is 71.8 Å². The van der Waals surface area contributed by atoms with E-state index in [1.165, 1.54) is 11.1 Å². The topological polar surface area (TPSA) is 70.5 Å². The zero-order valence-electron chi connectivity index (χ0n) is 15.0. The molecule has 1 heterocycles. The quantitative estimate of drug-likeness (QED) is 0.848. The molecule has 4 heteroatoms. The van der Waals surface area contributed by atoms with Crippen molar-refractivity contribution in [2.24, 2.45) is 11.5 Å². The Labute approximate surface area is 150 Å². The van der Waals surface area contributed by atoms with Crippen LogP contribution >= 0.6 is 0 Å². The van der Waals surface area contributed by atoms with E-state index in [1.807, 2.05) is 50.2 Å². The third kappa shape index (κ3) is 4.67. The van der Waals surface area contributed by atoms with E-state index in [0.717, 1.165) is 12.8 Å². The van der Waals surface area contributed by atoms with E-state index >= 15 is 0 Å². The summed E-state index contributed by atoms with van der Waals surface area (Å²) < 4.78 is 12.3. The smallest absolute Gasteiger partial charge is 0.163 e. The van der Waals surface area contributed by atoms with Crippen molar-refractivity contribution >= 4 is 0 Å². The number of nitrogens with two attached hydrogens (primary N) is 2. The fourth-order valence-electron chi connectivity index (χ4n) is 3.48. The van der Waals surface area contributed by atoms with Gasteiger partial charge in [-0.15, -0.1) is 0 Å². The molecule has 1 aliphatic rings. The third-order valence-electron chi connectivity index (χ3n) is 4.64. The molecule has 3 rings (SSSR count). The van der Waals surface area contributed by atoms with Gasteiger partial charge in [0.05, 0.1) is 0 Å². The van der Waals surface area contributed by atoms with Gasteiger partial charge in [-0.1, -0.05) is 60.7 Å². The number of hydrogen-bond donors (Lipinski definition) is 2. The van der Waals surface area contributed by atoms with Gasteiger partial charge in [0.15, 0.2) is 5.79 Å². The van der Waals surface area contributed by atoms with E-state index < -0.39 is 5.79 Å². The molecule has 25 heavy (non-hydrogen) atoms. The molecule has 0 aromatic heterocycles. The van der Waals surface area contributed by atoms with Gasteiger partial charge in [-0.05, 0) is 37.8 Å². The van der Waals surface area contributed by atoms with Gasteiger partial charge in [-0.3, -0.25) is 0 Å². The molecular formula is C21H28N2O2. The Morgan fingerprint density at radius 2 is 1.12 bits per heavy atom. The first-order valence-electron chi connectivity index (χ1n) is 8.89. The first kappa shape index (κ1) is 18.1. The molecule has 4 nitrogen and oxygen atoms in total. The summed E-state index contributed by atoms with van der Waals surface area (Å²) in [6.45, 7) is 3.84. The van der Waals surface area contributed by atoms with Crippen LogP contribution in [0.1, 0.15) is 25.0 Å². The van der Waals surface area contributed by atoms with E-state index in [-0.39, 0.29) is 24.3 Å². The van der Waals surface area contributed by atoms with Gasteiger partial charge in [-0.25, -0.2) is 0 Å². The van der Waals surface area contributed by atoms with Crippen LogP contribution in [0.5, 0.6) is 0 Å². The predicted octanol–water partition coefficient (Wildman–Crippen LogP) is 2.65. The molecular weight excluding hydrogens is 312 g/mol. The average Bonchev–Trinajstić information content (AvgIpc) is 2.93. The number of hydrogen-bond acceptors (Lipinski definition) is 4. The Bertz CT molecular complexity index is 603. The lowest BCUT2D eigenvalue weighted by atomic mass is 9.92. The van der Waals surface area contributed by atoms with Crippen molar-refractivity contribution in [1.29, 1.82) is 0 Å². The lowest BCUT2D eigenvalue weighted by molar-refractivity contribution is -0.149. The minimum Gasteiger partial charge on any atom is -0.343 e. The molecule has 2 aromatic rings. The Kier molecular flexibility index (Phi) is 5.54. The van der Waals surface area contributed by atoms with E-state index in [0.29, 0.717) is 0 Å². The molecule has 0 spiro atoms. The van der Waals surface area contributed by atoms with Crippen LogP contribution in [0.4, 0.5) is 0 Å². The van der Waals surface area contributed by atoms with Gasteiger partial charge in [0.2, 0.25) is 0 Å². The van der Waals surface area contributed by atoms with Crippen LogP contribution in [0.15, 0.2) is 60.7 Å². The van der Waals surface area contributed by atoms with E-state index in [1.54, 1.807) is 0 Å². The molecule has 1 aliphatic heterocycles. The predicted molar refractivity (Wildman–Crippen MR) is 100 cm³/mol. The van der Waals surface area contributed by atoms with E-state index in [2.05, 4.69) is 24.3 Å². The highest BCUT2D eigenvalue weighted by Crippen LogP contribution is 2.32. The Morgan fingerprint density at radius 1 is 0.760 bits per heavy atom. The molecule has 2 unspecified atom stereocenters. The molecule has 0 saturated carbocycles. The van der Waals surface area contributed by atoms with Crippen LogP contribution in [-0.4, -0.2) is 30.1 Å². The Hall–Kier alpha value is -1.72. The van der Waals surface area contributed by atoms with Crippen LogP contribution < -0.4 is 11.5 Å². The molecule has 1 fully saturated rings. The van der Waals surface area contributed by atoms with Gasteiger partial charge in [0, 0.05) is 12.1 Å². The Balaban J connectivity index is 1.71. The SMILES string of the molecule is CC1(C)O[C@@H](C(N)Cc2ccccc2)[C@H](C(N)Cc2ccccc2)O1. The van der Waals surface area contributed by atoms with Crippen molar-refractivity contribution in [2.75, 3.05) is 0 Å². The minimum absolute atomic E-state index is 0.170. The highest BCUT2D eigenvalue weighted by molar-refractivity contribution is 5.18. The number of benzene rings is 2. The average molecular weight is 340 g/mol. The van der Waals surface area contributed by atoms with Crippen LogP contribution in [0.3, 0.4) is 0 Å². The summed E-state index contributed by atoms with van der Waals surface area (Å²) in [7, 11) is 0. The van der Waals surface area contributed by atoms with E-state index in [4.69, 9.17) is 20.9 Å². The minimum atomic E-state index is -0.669. The van der Waals surface area contributed by atoms with Crippen molar-refractivity contribution in [2.45, 2.75) is 56.8 Å². The fraction of sp³-hybridized carbons (Fsp3) is 0.429. The van der Waals surface area contributed by atoms with Crippen molar-refractivity contribution < 1.29 is 9.47 Å². The number of ether oxygens (including phenoxy) is 2. The standard InChI is InChI=1S/C21H28N2O2/c1-21(2)24-19(17(22)13-15-9-5-3-6-10-15)20(25-21)18(23)14-16-11-7-4-8-12-16/h3-12,17-20H,13-14,22-23H2,1-2H3/t17?,18?,19-,20-/m0/s1. The van der Waals surface area contributed by atoms with E-state index in [9.17, 15) is 0 Å². The first-order valence-corrected chi connectivity index (χ1v) is 8.89. The van der Waals surface area contributed by atoms with Gasteiger partial charge in [0.25, 0.3) is 0 Å². The zero-order valence-corrected chi connectivity index (χ0v) is 15.0. The Morgan fingerprint density at radius 3 is 1.48 bits per heavy atom. The maximum atomic E-state index is 6.49. The summed E-state index contributed by atoms with van der Waals surface area (Å²) in [6.07, 6.45) is 1.02. The molecule has 4 atom stereocenters. The molecule has 4 N–H and O–H groups in total. The molecule has 2 aromatic carbocycles. The molecule has 0 aliphatic carbocycles. The normalized spacial score (nSPS) is 24.8. The monoisotopic (exact) mass is 340 g/mol. The van der Waals surface area contributed by atoms with Gasteiger partial charge < -0.3 is 20.9 Å². The third-order valence-corrected chi connectivity index (χ3v) is 4.64. The fourth-order valence-corrected chi connectivity index (χ4v) is 3.48. The molecule has 1 saturated heterocycles. The van der Waals surface area contributed by atoms with Crippen LogP contribution in [0, 0.1) is 0 Å². The second-order valence-corrected chi connectivity index (χ2v) is 7.27. The summed E-state index contributed by atoms with van der Waals surface area (Å²) in [5.41, 5.74) is 15.4. The summed E-state index contributed by atoms with van der Waals surface area (Å²) in [5, 5.41) is 0. The van der Waals surface area contributed by atoms with Gasteiger partial charge in [0.1, 0.15) is 12.2 Å². The second-order valence-electron chi connectivity index (χ2n) is 7.27. The molecule has 0 radical (unpaired) electrons. The summed E-state index contributed by atoms with van der Waals surface area (Å²) in [4.78, 5) is 0. The van der Waals surface area contributed by atoms with Crippen molar-refractivity contribution in [3.8, 4) is 0 Å². The molecule has 0 bridgehead atoms. The van der Waals surface area contributed by atoms with Gasteiger partial charge in [-0.2, -0.15) is 0 Å². The second kappa shape index (κ2) is 7.67. The lowest BCUT2D eigenvalue weighted by Crippen LogP contribution is -2.51. The number of rotatable bonds is 6. The molecule has 134 valence electrons. The summed E-state index contributed by atoms with van der Waals surface area (Å²) >= 11 is 0. The maximum absolute atomic E-state index is 6.49. The van der Waals surface area contributed by atoms with Crippen LogP contribution in [-0.2, 0) is 22.3 Å². The van der Waals surface area contributed by atoms with Gasteiger partial charge >= 0.3 is 0 Å².